The highest BCUT2D eigenvalue weighted by Crippen LogP contribution is 2.29. The maximum absolute atomic E-state index is 12.3. The van der Waals surface area contributed by atoms with Crippen LogP contribution in [0.5, 0.6) is 5.75 Å². The molecule has 0 spiro atoms. The van der Waals surface area contributed by atoms with Gasteiger partial charge in [-0.25, -0.2) is 4.98 Å². The first-order valence-corrected chi connectivity index (χ1v) is 8.98. The van der Waals surface area contributed by atoms with Crippen molar-refractivity contribution in [2.75, 3.05) is 12.4 Å². The van der Waals surface area contributed by atoms with Gasteiger partial charge in [0, 0.05) is 28.5 Å². The van der Waals surface area contributed by atoms with E-state index in [-0.39, 0.29) is 23.7 Å². The molecule has 2 heterocycles. The van der Waals surface area contributed by atoms with Gasteiger partial charge in [0.25, 0.3) is 5.69 Å². The molecule has 0 saturated carbocycles. The van der Waals surface area contributed by atoms with Crippen LogP contribution in [0, 0.1) is 10.1 Å². The second-order valence-electron chi connectivity index (χ2n) is 5.02. The minimum atomic E-state index is -0.525. The van der Waals surface area contributed by atoms with Gasteiger partial charge in [-0.05, 0) is 17.5 Å². The summed E-state index contributed by atoms with van der Waals surface area (Å²) in [5.74, 6) is 0.0390. The first kappa shape index (κ1) is 17.1. The summed E-state index contributed by atoms with van der Waals surface area (Å²) in [6, 6.07) is 6.02. The number of anilines is 1. The molecular formula is C16H13N3O4S2. The Kier molecular flexibility index (Phi) is 5.05. The van der Waals surface area contributed by atoms with Gasteiger partial charge in [-0.1, -0.05) is 0 Å². The number of amides is 1. The number of thiazole rings is 1. The molecule has 9 heteroatoms. The van der Waals surface area contributed by atoms with Crippen LogP contribution in [0.3, 0.4) is 0 Å². The lowest BCUT2D eigenvalue weighted by Gasteiger charge is -2.09. The predicted molar refractivity (Wildman–Crippen MR) is 97.4 cm³/mol. The number of aromatic nitrogens is 1. The number of carbonyl (C=O) groups is 1. The summed E-state index contributed by atoms with van der Waals surface area (Å²) in [4.78, 5) is 27.1. The molecule has 128 valence electrons. The molecule has 0 aliphatic rings. The number of nitro groups is 1. The van der Waals surface area contributed by atoms with Crippen molar-refractivity contribution >= 4 is 40.0 Å². The summed E-state index contributed by atoms with van der Waals surface area (Å²) in [6.45, 7) is 0. The van der Waals surface area contributed by atoms with E-state index < -0.39 is 4.92 Å². The van der Waals surface area contributed by atoms with Gasteiger partial charge in [0.2, 0.25) is 5.91 Å². The van der Waals surface area contributed by atoms with Crippen LogP contribution in [-0.4, -0.2) is 22.9 Å². The Balaban J connectivity index is 1.72. The smallest absolute Gasteiger partial charge is 0.271 e. The summed E-state index contributed by atoms with van der Waals surface area (Å²) >= 11 is 3.06. The van der Waals surface area contributed by atoms with Crippen LogP contribution < -0.4 is 10.1 Å². The molecule has 7 nitrogen and oxygen atoms in total. The average Bonchev–Trinajstić information content (AvgIpc) is 3.25. The van der Waals surface area contributed by atoms with Crippen molar-refractivity contribution < 1.29 is 14.5 Å². The molecule has 3 rings (SSSR count). The number of hydrogen-bond donors (Lipinski definition) is 1. The lowest BCUT2D eigenvalue weighted by molar-refractivity contribution is -0.384. The molecule has 0 bridgehead atoms. The Morgan fingerprint density at radius 2 is 2.20 bits per heavy atom. The third-order valence-corrected chi connectivity index (χ3v) is 4.95. The quantitative estimate of drug-likeness (QED) is 0.520. The van der Waals surface area contributed by atoms with E-state index in [4.69, 9.17) is 4.74 Å². The van der Waals surface area contributed by atoms with E-state index in [2.05, 4.69) is 10.3 Å². The summed E-state index contributed by atoms with van der Waals surface area (Å²) in [7, 11) is 1.43. The van der Waals surface area contributed by atoms with Gasteiger partial charge < -0.3 is 10.1 Å². The largest absolute Gasteiger partial charge is 0.495 e. The number of ether oxygens (including phenoxy) is 1. The summed E-state index contributed by atoms with van der Waals surface area (Å²) in [5, 5.41) is 20.2. The minimum Gasteiger partial charge on any atom is -0.495 e. The highest BCUT2D eigenvalue weighted by Gasteiger charge is 2.15. The zero-order chi connectivity index (χ0) is 17.8. The van der Waals surface area contributed by atoms with E-state index in [1.807, 2.05) is 22.2 Å². The molecular weight excluding hydrogens is 362 g/mol. The number of carbonyl (C=O) groups excluding carboxylic acids is 1. The number of hydrogen-bond acceptors (Lipinski definition) is 7. The average molecular weight is 375 g/mol. The van der Waals surface area contributed by atoms with Gasteiger partial charge in [-0.15, -0.1) is 11.3 Å². The SMILES string of the molecule is COc1ccc([N+](=O)[O-])cc1NC(=O)Cc1csc(-c2ccsc2)n1. The van der Waals surface area contributed by atoms with Crippen molar-refractivity contribution in [2.45, 2.75) is 6.42 Å². The van der Waals surface area contributed by atoms with Crippen molar-refractivity contribution in [1.82, 2.24) is 4.98 Å². The number of non-ortho nitro benzene ring substituents is 1. The first-order chi connectivity index (χ1) is 12.1. The maximum Gasteiger partial charge on any atom is 0.271 e. The van der Waals surface area contributed by atoms with E-state index in [0.717, 1.165) is 10.6 Å². The highest BCUT2D eigenvalue weighted by molar-refractivity contribution is 7.14. The Bertz CT molecular complexity index is 906. The van der Waals surface area contributed by atoms with Crippen molar-refractivity contribution in [2.24, 2.45) is 0 Å². The van der Waals surface area contributed by atoms with Gasteiger partial charge in [-0.2, -0.15) is 11.3 Å². The molecule has 0 aliphatic carbocycles. The number of nitrogens with zero attached hydrogens (tertiary/aromatic N) is 2. The number of benzene rings is 1. The van der Waals surface area contributed by atoms with E-state index in [0.29, 0.717) is 11.4 Å². The molecule has 0 radical (unpaired) electrons. The van der Waals surface area contributed by atoms with E-state index in [1.165, 1.54) is 36.6 Å². The summed E-state index contributed by atoms with van der Waals surface area (Å²) in [5.41, 5.74) is 1.81. The maximum atomic E-state index is 12.3. The van der Waals surface area contributed by atoms with Gasteiger partial charge in [0.1, 0.15) is 10.8 Å². The number of methoxy groups -OCH3 is 1. The molecule has 1 aromatic carbocycles. The Labute approximate surface area is 151 Å². The van der Waals surface area contributed by atoms with Crippen LogP contribution in [0.15, 0.2) is 40.4 Å². The van der Waals surface area contributed by atoms with Crippen molar-refractivity contribution in [3.8, 4) is 16.3 Å². The van der Waals surface area contributed by atoms with E-state index >= 15 is 0 Å². The molecule has 0 saturated heterocycles. The van der Waals surface area contributed by atoms with Crippen molar-refractivity contribution in [1.29, 1.82) is 0 Å². The summed E-state index contributed by atoms with van der Waals surface area (Å²) < 4.78 is 5.13. The van der Waals surface area contributed by atoms with Crippen LogP contribution in [0.4, 0.5) is 11.4 Å². The van der Waals surface area contributed by atoms with Gasteiger partial charge in [0.05, 0.1) is 29.8 Å². The molecule has 0 aliphatic heterocycles. The fourth-order valence-electron chi connectivity index (χ4n) is 2.17. The fourth-order valence-corrected chi connectivity index (χ4v) is 3.70. The zero-order valence-corrected chi connectivity index (χ0v) is 14.7. The zero-order valence-electron chi connectivity index (χ0n) is 13.1. The third-order valence-electron chi connectivity index (χ3n) is 3.33. The number of rotatable bonds is 6. The van der Waals surface area contributed by atoms with Gasteiger partial charge in [0.15, 0.2) is 0 Å². The van der Waals surface area contributed by atoms with Gasteiger partial charge in [-0.3, -0.25) is 14.9 Å². The molecule has 0 fully saturated rings. The Morgan fingerprint density at radius 3 is 2.88 bits per heavy atom. The van der Waals surface area contributed by atoms with Crippen molar-refractivity contribution in [3.05, 3.63) is 56.2 Å². The number of nitrogens with one attached hydrogen (secondary N) is 1. The second-order valence-corrected chi connectivity index (χ2v) is 6.66. The molecule has 1 N–H and O–H groups in total. The van der Waals surface area contributed by atoms with Crippen LogP contribution >= 0.6 is 22.7 Å². The predicted octanol–water partition coefficient (Wildman–Crippen LogP) is 3.97. The molecule has 2 aromatic heterocycles. The van der Waals surface area contributed by atoms with Crippen LogP contribution in [0.1, 0.15) is 5.69 Å². The standard InChI is InChI=1S/C16H13N3O4S2/c1-23-14-3-2-12(19(21)22)7-13(14)18-15(20)6-11-9-25-16(17-11)10-4-5-24-8-10/h2-5,7-9H,6H2,1H3,(H,18,20). The normalized spacial score (nSPS) is 10.4. The Hall–Kier alpha value is -2.78. The lowest BCUT2D eigenvalue weighted by atomic mass is 10.2. The topological polar surface area (TPSA) is 94.4 Å². The fraction of sp³-hybridized carbons (Fsp3) is 0.125. The molecule has 1 amide bonds. The highest BCUT2D eigenvalue weighted by atomic mass is 32.1. The minimum absolute atomic E-state index is 0.0759. The van der Waals surface area contributed by atoms with Crippen LogP contribution in [-0.2, 0) is 11.2 Å². The molecule has 25 heavy (non-hydrogen) atoms. The van der Waals surface area contributed by atoms with E-state index in [1.54, 1.807) is 11.3 Å². The lowest BCUT2D eigenvalue weighted by Crippen LogP contribution is -2.15. The Morgan fingerprint density at radius 1 is 1.36 bits per heavy atom. The first-order valence-electron chi connectivity index (χ1n) is 7.16. The van der Waals surface area contributed by atoms with Gasteiger partial charge >= 0.3 is 0 Å². The summed E-state index contributed by atoms with van der Waals surface area (Å²) in [6.07, 6.45) is 0.0759. The number of nitro benzene ring substituents is 1. The second kappa shape index (κ2) is 7.41. The van der Waals surface area contributed by atoms with E-state index in [9.17, 15) is 14.9 Å². The molecule has 3 aromatic rings. The number of thiophene rings is 1. The van der Waals surface area contributed by atoms with Crippen LogP contribution in [0.2, 0.25) is 0 Å². The monoisotopic (exact) mass is 375 g/mol. The van der Waals surface area contributed by atoms with Crippen molar-refractivity contribution in [3.63, 3.8) is 0 Å². The molecule has 0 unspecified atom stereocenters. The molecule has 0 atom stereocenters. The van der Waals surface area contributed by atoms with Crippen LogP contribution in [0.25, 0.3) is 10.6 Å². The third kappa shape index (κ3) is 4.01.